The summed E-state index contributed by atoms with van der Waals surface area (Å²) in [5.41, 5.74) is 7.72. The van der Waals surface area contributed by atoms with Gasteiger partial charge in [-0.15, -0.1) is 0 Å². The third kappa shape index (κ3) is 1.76. The first-order valence-corrected chi connectivity index (χ1v) is 4.73. The van der Waals surface area contributed by atoms with Gasteiger partial charge < -0.3 is 10.7 Å². The summed E-state index contributed by atoms with van der Waals surface area (Å²) in [6, 6.07) is 4.69. The standard InChI is InChI=1S/C11H12FN3/c1-7(13)8-3-2-4-9(12)11(8)10-5-14-6-15-10/h2-7H,13H2,1H3,(H,14,15)/t7-/m0/s1. The van der Waals surface area contributed by atoms with Crippen molar-refractivity contribution in [2.45, 2.75) is 13.0 Å². The lowest BCUT2D eigenvalue weighted by molar-refractivity contribution is 0.626. The molecular formula is C11H12FN3. The van der Waals surface area contributed by atoms with Crippen LogP contribution in [0, 0.1) is 5.82 Å². The van der Waals surface area contributed by atoms with Crippen molar-refractivity contribution < 1.29 is 4.39 Å². The summed E-state index contributed by atoms with van der Waals surface area (Å²) in [5, 5.41) is 0. The predicted octanol–water partition coefficient (Wildman–Crippen LogP) is 2.24. The zero-order valence-electron chi connectivity index (χ0n) is 8.37. The number of hydrogen-bond donors (Lipinski definition) is 2. The van der Waals surface area contributed by atoms with E-state index in [4.69, 9.17) is 5.73 Å². The maximum absolute atomic E-state index is 13.7. The molecule has 0 saturated heterocycles. The van der Waals surface area contributed by atoms with Crippen LogP contribution in [0.2, 0.25) is 0 Å². The number of halogens is 1. The van der Waals surface area contributed by atoms with Crippen LogP contribution in [-0.2, 0) is 0 Å². The van der Waals surface area contributed by atoms with E-state index in [9.17, 15) is 4.39 Å². The van der Waals surface area contributed by atoms with Gasteiger partial charge >= 0.3 is 0 Å². The average molecular weight is 205 g/mol. The zero-order valence-corrected chi connectivity index (χ0v) is 8.37. The number of benzene rings is 1. The molecule has 1 aromatic carbocycles. The molecule has 1 aromatic heterocycles. The fraction of sp³-hybridized carbons (Fsp3) is 0.182. The normalized spacial score (nSPS) is 12.7. The van der Waals surface area contributed by atoms with Crippen LogP contribution in [0.4, 0.5) is 4.39 Å². The van der Waals surface area contributed by atoms with Crippen molar-refractivity contribution in [3.8, 4) is 11.3 Å². The summed E-state index contributed by atoms with van der Waals surface area (Å²) in [4.78, 5) is 6.76. The van der Waals surface area contributed by atoms with E-state index in [-0.39, 0.29) is 11.9 Å². The van der Waals surface area contributed by atoms with Crippen molar-refractivity contribution in [1.82, 2.24) is 9.97 Å². The molecule has 78 valence electrons. The van der Waals surface area contributed by atoms with Crippen molar-refractivity contribution in [2.24, 2.45) is 5.73 Å². The van der Waals surface area contributed by atoms with Gasteiger partial charge in [0.15, 0.2) is 0 Å². The Hall–Kier alpha value is -1.68. The van der Waals surface area contributed by atoms with Crippen molar-refractivity contribution in [2.75, 3.05) is 0 Å². The molecule has 4 heteroatoms. The second-order valence-electron chi connectivity index (χ2n) is 3.46. The van der Waals surface area contributed by atoms with Gasteiger partial charge in [-0.2, -0.15) is 0 Å². The van der Waals surface area contributed by atoms with Crippen LogP contribution in [0.3, 0.4) is 0 Å². The molecule has 0 bridgehead atoms. The van der Waals surface area contributed by atoms with Crippen LogP contribution in [0.5, 0.6) is 0 Å². The maximum Gasteiger partial charge on any atom is 0.132 e. The average Bonchev–Trinajstić information content (AvgIpc) is 2.70. The fourth-order valence-corrected chi connectivity index (χ4v) is 1.60. The Kier molecular flexibility index (Phi) is 2.51. The number of rotatable bonds is 2. The zero-order chi connectivity index (χ0) is 10.8. The number of nitrogens with zero attached hydrogens (tertiary/aromatic N) is 1. The second-order valence-corrected chi connectivity index (χ2v) is 3.46. The number of aromatic nitrogens is 2. The number of nitrogens with two attached hydrogens (primary N) is 1. The number of hydrogen-bond acceptors (Lipinski definition) is 2. The first kappa shape index (κ1) is 9.86. The summed E-state index contributed by atoms with van der Waals surface area (Å²) in [5.74, 6) is -0.283. The molecule has 3 N–H and O–H groups in total. The lowest BCUT2D eigenvalue weighted by Gasteiger charge is -2.11. The molecule has 0 fully saturated rings. The van der Waals surface area contributed by atoms with Gasteiger partial charge in [-0.05, 0) is 18.6 Å². The summed E-state index contributed by atoms with van der Waals surface area (Å²) in [7, 11) is 0. The van der Waals surface area contributed by atoms with Gasteiger partial charge in [0.25, 0.3) is 0 Å². The molecule has 0 aliphatic carbocycles. The molecule has 0 unspecified atom stereocenters. The van der Waals surface area contributed by atoms with Crippen molar-refractivity contribution >= 4 is 0 Å². The minimum atomic E-state index is -0.283. The van der Waals surface area contributed by atoms with Crippen LogP contribution in [0.25, 0.3) is 11.3 Å². The van der Waals surface area contributed by atoms with E-state index < -0.39 is 0 Å². The topological polar surface area (TPSA) is 54.7 Å². The van der Waals surface area contributed by atoms with Gasteiger partial charge in [0.2, 0.25) is 0 Å². The van der Waals surface area contributed by atoms with Crippen molar-refractivity contribution in [3.05, 3.63) is 42.1 Å². The van der Waals surface area contributed by atoms with E-state index in [0.29, 0.717) is 11.3 Å². The minimum Gasteiger partial charge on any atom is -0.345 e. The van der Waals surface area contributed by atoms with E-state index in [1.54, 1.807) is 12.3 Å². The molecule has 0 aliphatic rings. The van der Waals surface area contributed by atoms with E-state index in [2.05, 4.69) is 9.97 Å². The van der Waals surface area contributed by atoms with Crippen LogP contribution in [-0.4, -0.2) is 9.97 Å². The van der Waals surface area contributed by atoms with Crippen molar-refractivity contribution in [3.63, 3.8) is 0 Å². The number of H-pyrrole nitrogens is 1. The Balaban J connectivity index is 2.63. The number of nitrogens with one attached hydrogen (secondary N) is 1. The van der Waals surface area contributed by atoms with E-state index in [1.807, 2.05) is 13.0 Å². The quantitative estimate of drug-likeness (QED) is 0.789. The largest absolute Gasteiger partial charge is 0.345 e. The Morgan fingerprint density at radius 2 is 2.27 bits per heavy atom. The lowest BCUT2D eigenvalue weighted by atomic mass is 9.99. The van der Waals surface area contributed by atoms with Crippen molar-refractivity contribution in [1.29, 1.82) is 0 Å². The SMILES string of the molecule is C[C@H](N)c1cccc(F)c1-c1cnc[nH]1. The molecule has 0 saturated carbocycles. The predicted molar refractivity (Wildman–Crippen MR) is 56.6 cm³/mol. The highest BCUT2D eigenvalue weighted by Crippen LogP contribution is 2.28. The minimum absolute atomic E-state index is 0.209. The fourth-order valence-electron chi connectivity index (χ4n) is 1.60. The lowest BCUT2D eigenvalue weighted by Crippen LogP contribution is -2.07. The summed E-state index contributed by atoms with van der Waals surface area (Å²) < 4.78 is 13.7. The van der Waals surface area contributed by atoms with Gasteiger partial charge in [-0.3, -0.25) is 0 Å². The highest BCUT2D eigenvalue weighted by Gasteiger charge is 2.13. The molecule has 2 aromatic rings. The summed E-state index contributed by atoms with van der Waals surface area (Å²) >= 11 is 0. The Morgan fingerprint density at radius 1 is 1.47 bits per heavy atom. The second kappa shape index (κ2) is 3.82. The Bertz CT molecular complexity index is 449. The number of aromatic amines is 1. The monoisotopic (exact) mass is 205 g/mol. The molecule has 1 heterocycles. The highest BCUT2D eigenvalue weighted by molar-refractivity contribution is 5.64. The smallest absolute Gasteiger partial charge is 0.132 e. The molecule has 0 amide bonds. The molecule has 3 nitrogen and oxygen atoms in total. The molecule has 15 heavy (non-hydrogen) atoms. The van der Waals surface area contributed by atoms with Gasteiger partial charge in [0, 0.05) is 11.6 Å². The molecule has 0 aliphatic heterocycles. The summed E-state index contributed by atoms with van der Waals surface area (Å²) in [6.07, 6.45) is 3.11. The van der Waals surface area contributed by atoms with E-state index in [0.717, 1.165) is 5.56 Å². The third-order valence-corrected chi connectivity index (χ3v) is 2.30. The first-order valence-electron chi connectivity index (χ1n) is 4.73. The van der Waals surface area contributed by atoms with Gasteiger partial charge in [0.05, 0.1) is 18.2 Å². The maximum atomic E-state index is 13.7. The molecule has 1 atom stereocenters. The van der Waals surface area contributed by atoms with E-state index >= 15 is 0 Å². The van der Waals surface area contributed by atoms with Crippen LogP contribution in [0.15, 0.2) is 30.7 Å². The molecule has 0 spiro atoms. The van der Waals surface area contributed by atoms with Crippen LogP contribution in [0.1, 0.15) is 18.5 Å². The molecule has 0 radical (unpaired) electrons. The first-order chi connectivity index (χ1) is 7.20. The van der Waals surface area contributed by atoms with Gasteiger partial charge in [-0.25, -0.2) is 9.37 Å². The van der Waals surface area contributed by atoms with E-state index in [1.165, 1.54) is 12.4 Å². The highest BCUT2D eigenvalue weighted by atomic mass is 19.1. The summed E-state index contributed by atoms with van der Waals surface area (Å²) in [6.45, 7) is 1.83. The van der Waals surface area contributed by atoms with Crippen LogP contribution < -0.4 is 5.73 Å². The van der Waals surface area contributed by atoms with Gasteiger partial charge in [0.1, 0.15) is 5.82 Å². The molecular weight excluding hydrogens is 193 g/mol. The third-order valence-electron chi connectivity index (χ3n) is 2.30. The van der Waals surface area contributed by atoms with Crippen LogP contribution >= 0.6 is 0 Å². The Labute approximate surface area is 87.2 Å². The molecule has 2 rings (SSSR count). The van der Waals surface area contributed by atoms with Gasteiger partial charge in [-0.1, -0.05) is 12.1 Å². The number of imidazole rings is 1. The Morgan fingerprint density at radius 3 is 2.87 bits per heavy atom.